The molecule has 0 spiro atoms. The number of hydrogen-bond acceptors (Lipinski definition) is 3. The smallest absolute Gasteiger partial charge is 0.243 e. The lowest BCUT2D eigenvalue weighted by Gasteiger charge is -2.19. The van der Waals surface area contributed by atoms with Gasteiger partial charge in [-0.2, -0.15) is 4.31 Å². The van der Waals surface area contributed by atoms with Gasteiger partial charge in [-0.15, -0.1) is 0 Å². The Morgan fingerprint density at radius 2 is 1.77 bits per heavy atom. The summed E-state index contributed by atoms with van der Waals surface area (Å²) in [5, 5.41) is 2.94. The van der Waals surface area contributed by atoms with E-state index in [9.17, 15) is 22.0 Å². The van der Waals surface area contributed by atoms with Crippen molar-refractivity contribution in [2.24, 2.45) is 0 Å². The van der Waals surface area contributed by atoms with E-state index >= 15 is 0 Å². The second kappa shape index (κ2) is 8.11. The Bertz CT molecular complexity index is 905. The van der Waals surface area contributed by atoms with Crippen molar-refractivity contribution in [1.29, 1.82) is 0 Å². The molecule has 0 bridgehead atoms. The summed E-state index contributed by atoms with van der Waals surface area (Å²) in [5.41, 5.74) is 0.362. The van der Waals surface area contributed by atoms with Crippen LogP contribution in [0.3, 0.4) is 0 Å². The van der Waals surface area contributed by atoms with Crippen molar-refractivity contribution in [3.8, 4) is 0 Å². The van der Waals surface area contributed by atoms with Crippen LogP contribution in [0.25, 0.3) is 0 Å². The summed E-state index contributed by atoms with van der Waals surface area (Å²) in [6.07, 6.45) is 0. The van der Waals surface area contributed by atoms with Crippen molar-refractivity contribution in [3.63, 3.8) is 0 Å². The quantitative estimate of drug-likeness (QED) is 0.807. The Labute approximate surface area is 155 Å². The third-order valence-electron chi connectivity index (χ3n) is 3.71. The highest BCUT2D eigenvalue weighted by atomic mass is 35.5. The topological polar surface area (TPSA) is 66.5 Å². The largest absolute Gasteiger partial charge is 0.348 e. The van der Waals surface area contributed by atoms with Crippen LogP contribution in [0.1, 0.15) is 18.5 Å². The molecule has 2 aromatic carbocycles. The number of likely N-dealkylation sites (N-methyl/N-ethyl adjacent to an activating group) is 1. The Balaban J connectivity index is 2.04. The first kappa shape index (κ1) is 20.3. The maximum atomic E-state index is 13.3. The van der Waals surface area contributed by atoms with E-state index in [1.807, 2.05) is 0 Å². The van der Waals surface area contributed by atoms with Gasteiger partial charge in [-0.05, 0) is 48.9 Å². The minimum atomic E-state index is -3.86. The molecular formula is C17H17ClF2N2O3S. The molecule has 0 fully saturated rings. The fourth-order valence-corrected chi connectivity index (χ4v) is 3.48. The average Bonchev–Trinajstić information content (AvgIpc) is 2.57. The Kier molecular flexibility index (Phi) is 6.33. The van der Waals surface area contributed by atoms with E-state index in [2.05, 4.69) is 5.32 Å². The van der Waals surface area contributed by atoms with E-state index in [1.165, 1.54) is 37.4 Å². The summed E-state index contributed by atoms with van der Waals surface area (Å²) < 4.78 is 52.0. The first-order valence-electron chi connectivity index (χ1n) is 7.57. The van der Waals surface area contributed by atoms with E-state index in [4.69, 9.17) is 11.6 Å². The molecule has 5 nitrogen and oxygen atoms in total. The van der Waals surface area contributed by atoms with Crippen LogP contribution in [-0.2, 0) is 14.8 Å². The van der Waals surface area contributed by atoms with E-state index in [1.54, 1.807) is 6.92 Å². The molecule has 1 atom stereocenters. The summed E-state index contributed by atoms with van der Waals surface area (Å²) in [6.45, 7) is 1.15. The van der Waals surface area contributed by atoms with E-state index < -0.39 is 40.2 Å². The number of carbonyl (C=O) groups is 1. The molecule has 0 saturated carbocycles. The van der Waals surface area contributed by atoms with Crippen LogP contribution in [0.5, 0.6) is 0 Å². The molecule has 1 amide bonds. The fraction of sp³-hybridized carbons (Fsp3) is 0.235. The lowest BCUT2D eigenvalue weighted by atomic mass is 10.1. The highest BCUT2D eigenvalue weighted by molar-refractivity contribution is 7.89. The number of halogens is 3. The maximum absolute atomic E-state index is 13.3. The molecule has 0 aliphatic rings. The molecule has 2 rings (SSSR count). The highest BCUT2D eigenvalue weighted by Gasteiger charge is 2.23. The molecule has 0 radical (unpaired) electrons. The summed E-state index contributed by atoms with van der Waals surface area (Å²) in [7, 11) is -2.59. The summed E-state index contributed by atoms with van der Waals surface area (Å²) >= 11 is 5.74. The zero-order valence-electron chi connectivity index (χ0n) is 14.0. The van der Waals surface area contributed by atoms with E-state index in [0.29, 0.717) is 10.6 Å². The van der Waals surface area contributed by atoms with Crippen LogP contribution >= 0.6 is 11.6 Å². The molecule has 1 N–H and O–H groups in total. The number of nitrogens with zero attached hydrogens (tertiary/aromatic N) is 1. The highest BCUT2D eigenvalue weighted by Crippen LogP contribution is 2.18. The van der Waals surface area contributed by atoms with Gasteiger partial charge in [-0.25, -0.2) is 17.2 Å². The monoisotopic (exact) mass is 402 g/mol. The summed E-state index contributed by atoms with van der Waals surface area (Å²) in [4.78, 5) is 12.1. The van der Waals surface area contributed by atoms with Crippen molar-refractivity contribution >= 4 is 27.5 Å². The van der Waals surface area contributed by atoms with Gasteiger partial charge in [0.15, 0.2) is 11.6 Å². The Morgan fingerprint density at radius 1 is 1.15 bits per heavy atom. The van der Waals surface area contributed by atoms with Gasteiger partial charge in [0.1, 0.15) is 0 Å². The molecule has 9 heteroatoms. The first-order valence-corrected chi connectivity index (χ1v) is 9.39. The van der Waals surface area contributed by atoms with Crippen LogP contribution in [0, 0.1) is 11.6 Å². The zero-order valence-corrected chi connectivity index (χ0v) is 15.6. The normalized spacial score (nSPS) is 12.8. The van der Waals surface area contributed by atoms with Gasteiger partial charge >= 0.3 is 0 Å². The second-order valence-electron chi connectivity index (χ2n) is 5.68. The van der Waals surface area contributed by atoms with Crippen molar-refractivity contribution in [2.75, 3.05) is 13.6 Å². The summed E-state index contributed by atoms with van der Waals surface area (Å²) in [6, 6.07) is 8.23. The number of benzene rings is 2. The number of hydrogen-bond donors (Lipinski definition) is 1. The molecule has 26 heavy (non-hydrogen) atoms. The van der Waals surface area contributed by atoms with Gasteiger partial charge in [0, 0.05) is 12.1 Å². The van der Waals surface area contributed by atoms with Gasteiger partial charge in [-0.3, -0.25) is 4.79 Å². The number of amides is 1. The second-order valence-corrected chi connectivity index (χ2v) is 8.16. The number of sulfonamides is 1. The molecule has 0 aliphatic carbocycles. The lowest BCUT2D eigenvalue weighted by molar-refractivity contribution is -0.121. The van der Waals surface area contributed by atoms with E-state index in [0.717, 1.165) is 16.4 Å². The predicted octanol–water partition coefficient (Wildman–Crippen LogP) is 3.12. The molecule has 1 unspecified atom stereocenters. The van der Waals surface area contributed by atoms with Gasteiger partial charge in [0.25, 0.3) is 0 Å². The zero-order chi connectivity index (χ0) is 19.5. The minimum absolute atomic E-state index is 0.00542. The standard InChI is InChI=1S/C17H17ClF2N2O3S/c1-11(12-3-8-15(19)16(20)9-12)21-17(23)10-22(2)26(24,25)14-6-4-13(18)5-7-14/h3-9,11H,10H2,1-2H3,(H,21,23). The summed E-state index contributed by atoms with van der Waals surface area (Å²) in [5.74, 6) is -2.59. The Morgan fingerprint density at radius 3 is 2.35 bits per heavy atom. The van der Waals surface area contributed by atoms with Crippen molar-refractivity contribution in [3.05, 3.63) is 64.7 Å². The molecule has 0 saturated heterocycles. The lowest BCUT2D eigenvalue weighted by Crippen LogP contribution is -2.39. The van der Waals surface area contributed by atoms with Gasteiger partial charge < -0.3 is 5.32 Å². The van der Waals surface area contributed by atoms with Crippen LogP contribution in [0.4, 0.5) is 8.78 Å². The van der Waals surface area contributed by atoms with Crippen LogP contribution in [0.2, 0.25) is 5.02 Å². The minimum Gasteiger partial charge on any atom is -0.348 e. The van der Waals surface area contributed by atoms with Crippen LogP contribution < -0.4 is 5.32 Å². The molecule has 0 aromatic heterocycles. The van der Waals surface area contributed by atoms with Crippen molar-refractivity contribution in [1.82, 2.24) is 9.62 Å². The van der Waals surface area contributed by atoms with Crippen LogP contribution in [0.15, 0.2) is 47.4 Å². The average molecular weight is 403 g/mol. The molecule has 2 aromatic rings. The number of nitrogens with one attached hydrogen (secondary N) is 1. The molecule has 0 heterocycles. The van der Waals surface area contributed by atoms with Crippen LogP contribution in [-0.4, -0.2) is 32.2 Å². The van der Waals surface area contributed by atoms with E-state index in [-0.39, 0.29) is 4.90 Å². The van der Waals surface area contributed by atoms with Gasteiger partial charge in [-0.1, -0.05) is 17.7 Å². The number of carbonyl (C=O) groups excluding carboxylic acids is 1. The predicted molar refractivity (Wildman–Crippen MR) is 94.2 cm³/mol. The SMILES string of the molecule is CC(NC(=O)CN(C)S(=O)(=O)c1ccc(Cl)cc1)c1ccc(F)c(F)c1. The van der Waals surface area contributed by atoms with Crippen molar-refractivity contribution in [2.45, 2.75) is 17.9 Å². The van der Waals surface area contributed by atoms with Gasteiger partial charge in [0.2, 0.25) is 15.9 Å². The van der Waals surface area contributed by atoms with Gasteiger partial charge in [0.05, 0.1) is 17.5 Å². The fourth-order valence-electron chi connectivity index (χ4n) is 2.23. The first-order chi connectivity index (χ1) is 12.1. The third kappa shape index (κ3) is 4.78. The Hall–Kier alpha value is -2.03. The number of rotatable bonds is 6. The molecule has 0 aliphatic heterocycles. The molecule has 140 valence electrons. The maximum Gasteiger partial charge on any atom is 0.243 e. The van der Waals surface area contributed by atoms with Crippen molar-refractivity contribution < 1.29 is 22.0 Å². The third-order valence-corrected chi connectivity index (χ3v) is 5.78. The molecular weight excluding hydrogens is 386 g/mol.